The molecule has 1 aromatic rings. The minimum Gasteiger partial charge on any atom is -0.376 e. The normalized spacial score (nSPS) is 10.5. The molecule has 0 bridgehead atoms. The number of hydrogen-bond donors (Lipinski definition) is 0. The van der Waals surface area contributed by atoms with E-state index in [0.29, 0.717) is 6.42 Å². The Hall–Kier alpha value is -1.51. The molecule has 1 rings (SSSR count). The average Bonchev–Trinajstić information content (AvgIpc) is 2.43. The van der Waals surface area contributed by atoms with Gasteiger partial charge in [-0.1, -0.05) is 19.4 Å². The Morgan fingerprint density at radius 2 is 1.86 bits per heavy atom. The van der Waals surface area contributed by atoms with Crippen molar-refractivity contribution in [2.75, 3.05) is 37.0 Å². The second-order valence-electron chi connectivity index (χ2n) is 5.85. The lowest BCUT2D eigenvalue weighted by Gasteiger charge is -2.29. The first-order chi connectivity index (χ1) is 9.99. The molecule has 3 heteroatoms. The fourth-order valence-electron chi connectivity index (χ4n) is 2.61. The van der Waals surface area contributed by atoms with E-state index >= 15 is 0 Å². The van der Waals surface area contributed by atoms with Crippen LogP contribution >= 0.6 is 0 Å². The number of rotatable bonds is 9. The minimum absolute atomic E-state index is 0.276. The molecule has 0 saturated heterocycles. The van der Waals surface area contributed by atoms with E-state index in [1.165, 1.54) is 16.9 Å². The van der Waals surface area contributed by atoms with Crippen LogP contribution in [0, 0.1) is 0 Å². The van der Waals surface area contributed by atoms with Crippen LogP contribution in [0.25, 0.3) is 0 Å². The summed E-state index contributed by atoms with van der Waals surface area (Å²) < 4.78 is 0. The van der Waals surface area contributed by atoms with Crippen LogP contribution in [-0.4, -0.2) is 33.0 Å². The number of anilines is 2. The molecule has 0 spiro atoms. The number of ketones is 1. The van der Waals surface area contributed by atoms with E-state index < -0.39 is 0 Å². The maximum Gasteiger partial charge on any atom is 0.129 e. The average molecular weight is 290 g/mol. The molecule has 1 aromatic carbocycles. The third-order valence-corrected chi connectivity index (χ3v) is 3.74. The summed E-state index contributed by atoms with van der Waals surface area (Å²) in [5.41, 5.74) is 3.93. The molecule has 0 aliphatic heterocycles. The first kappa shape index (κ1) is 17.5. The minimum atomic E-state index is 0.276. The SMILES string of the molecule is CCCc1ccc(N(C)C)c(N(CC)CCCC(C)=O)c1. The van der Waals surface area contributed by atoms with Crippen molar-refractivity contribution < 1.29 is 4.79 Å². The lowest BCUT2D eigenvalue weighted by Crippen LogP contribution is -2.26. The third kappa shape index (κ3) is 5.41. The van der Waals surface area contributed by atoms with Gasteiger partial charge in [0.1, 0.15) is 5.78 Å². The van der Waals surface area contributed by atoms with Gasteiger partial charge in [0.05, 0.1) is 11.4 Å². The van der Waals surface area contributed by atoms with Crippen molar-refractivity contribution in [1.29, 1.82) is 0 Å². The molecule has 0 N–H and O–H groups in total. The fraction of sp³-hybridized carbons (Fsp3) is 0.611. The Kier molecular flexibility index (Phi) is 7.27. The van der Waals surface area contributed by atoms with Gasteiger partial charge in [-0.25, -0.2) is 0 Å². The predicted molar refractivity (Wildman–Crippen MR) is 92.6 cm³/mol. The van der Waals surface area contributed by atoms with Crippen LogP contribution in [-0.2, 0) is 11.2 Å². The Morgan fingerprint density at radius 3 is 2.38 bits per heavy atom. The topological polar surface area (TPSA) is 23.6 Å². The van der Waals surface area contributed by atoms with Crippen molar-refractivity contribution >= 4 is 17.2 Å². The second-order valence-corrected chi connectivity index (χ2v) is 5.85. The number of carbonyl (C=O) groups is 1. The largest absolute Gasteiger partial charge is 0.376 e. The van der Waals surface area contributed by atoms with E-state index in [4.69, 9.17) is 0 Å². The summed E-state index contributed by atoms with van der Waals surface area (Å²) in [5.74, 6) is 0.276. The molecule has 0 aliphatic carbocycles. The van der Waals surface area contributed by atoms with Gasteiger partial charge in [0.15, 0.2) is 0 Å². The van der Waals surface area contributed by atoms with Crippen LogP contribution < -0.4 is 9.80 Å². The van der Waals surface area contributed by atoms with Crippen LogP contribution in [0.3, 0.4) is 0 Å². The van der Waals surface area contributed by atoms with Crippen molar-refractivity contribution in [2.24, 2.45) is 0 Å². The van der Waals surface area contributed by atoms with E-state index in [-0.39, 0.29) is 5.78 Å². The molecule has 0 aliphatic rings. The smallest absolute Gasteiger partial charge is 0.129 e. The van der Waals surface area contributed by atoms with Crippen LogP contribution in [0.15, 0.2) is 18.2 Å². The summed E-state index contributed by atoms with van der Waals surface area (Å²) in [6, 6.07) is 6.76. The fourth-order valence-corrected chi connectivity index (χ4v) is 2.61. The van der Waals surface area contributed by atoms with Gasteiger partial charge < -0.3 is 14.6 Å². The molecule has 0 atom stereocenters. The van der Waals surface area contributed by atoms with Crippen molar-refractivity contribution in [1.82, 2.24) is 0 Å². The van der Waals surface area contributed by atoms with E-state index in [1.54, 1.807) is 6.92 Å². The number of aryl methyl sites for hydroxylation is 1. The zero-order chi connectivity index (χ0) is 15.8. The van der Waals surface area contributed by atoms with Crippen molar-refractivity contribution in [2.45, 2.75) is 46.5 Å². The quantitative estimate of drug-likeness (QED) is 0.689. The van der Waals surface area contributed by atoms with Crippen LogP contribution in [0.4, 0.5) is 11.4 Å². The molecule has 0 fully saturated rings. The molecule has 0 radical (unpaired) electrons. The van der Waals surface area contributed by atoms with E-state index in [2.05, 4.69) is 55.9 Å². The van der Waals surface area contributed by atoms with Crippen molar-refractivity contribution in [3.8, 4) is 0 Å². The molecule has 0 aromatic heterocycles. The molecular weight excluding hydrogens is 260 g/mol. The van der Waals surface area contributed by atoms with Gasteiger partial charge in [0.2, 0.25) is 0 Å². The van der Waals surface area contributed by atoms with E-state index in [0.717, 1.165) is 32.4 Å². The maximum absolute atomic E-state index is 11.1. The highest BCUT2D eigenvalue weighted by atomic mass is 16.1. The molecule has 21 heavy (non-hydrogen) atoms. The van der Waals surface area contributed by atoms with Gasteiger partial charge in [0.25, 0.3) is 0 Å². The highest BCUT2D eigenvalue weighted by Crippen LogP contribution is 2.30. The van der Waals surface area contributed by atoms with Gasteiger partial charge in [-0.15, -0.1) is 0 Å². The molecule has 118 valence electrons. The number of Topliss-reactive ketones (excluding diaryl/α,β-unsaturated/α-hetero) is 1. The lowest BCUT2D eigenvalue weighted by atomic mass is 10.1. The Bertz CT molecular complexity index is 455. The van der Waals surface area contributed by atoms with Crippen LogP contribution in [0.2, 0.25) is 0 Å². The molecule has 0 amide bonds. The van der Waals surface area contributed by atoms with Gasteiger partial charge in [0, 0.05) is 33.6 Å². The van der Waals surface area contributed by atoms with Gasteiger partial charge in [-0.05, 0) is 44.4 Å². The summed E-state index contributed by atoms with van der Waals surface area (Å²) in [7, 11) is 4.17. The number of benzene rings is 1. The standard InChI is InChI=1S/C18H30N2O/c1-6-9-16-11-12-17(19(4)5)18(14-16)20(7-2)13-8-10-15(3)21/h11-12,14H,6-10,13H2,1-5H3. The highest BCUT2D eigenvalue weighted by Gasteiger charge is 2.12. The first-order valence-corrected chi connectivity index (χ1v) is 8.04. The summed E-state index contributed by atoms with van der Waals surface area (Å²) >= 11 is 0. The molecule has 0 heterocycles. The Labute approximate surface area is 129 Å². The summed E-state index contributed by atoms with van der Waals surface area (Å²) in [4.78, 5) is 15.7. The lowest BCUT2D eigenvalue weighted by molar-refractivity contribution is -0.117. The van der Waals surface area contributed by atoms with Crippen LogP contribution in [0.1, 0.15) is 45.6 Å². The second kappa shape index (κ2) is 8.71. The zero-order valence-electron chi connectivity index (χ0n) is 14.3. The van der Waals surface area contributed by atoms with Crippen LogP contribution in [0.5, 0.6) is 0 Å². The number of carbonyl (C=O) groups excluding carboxylic acids is 1. The van der Waals surface area contributed by atoms with E-state index in [9.17, 15) is 4.79 Å². The number of nitrogens with zero attached hydrogens (tertiary/aromatic N) is 2. The molecule has 3 nitrogen and oxygen atoms in total. The van der Waals surface area contributed by atoms with Gasteiger partial charge in [-0.2, -0.15) is 0 Å². The summed E-state index contributed by atoms with van der Waals surface area (Å²) in [6.07, 6.45) is 3.87. The maximum atomic E-state index is 11.1. The third-order valence-electron chi connectivity index (χ3n) is 3.74. The zero-order valence-corrected chi connectivity index (χ0v) is 14.3. The predicted octanol–water partition coefficient (Wildman–Crippen LogP) is 3.90. The molecule has 0 unspecified atom stereocenters. The Morgan fingerprint density at radius 1 is 1.14 bits per heavy atom. The van der Waals surface area contributed by atoms with E-state index in [1.807, 2.05) is 0 Å². The molecular formula is C18H30N2O. The molecule has 0 saturated carbocycles. The monoisotopic (exact) mass is 290 g/mol. The van der Waals surface area contributed by atoms with Gasteiger partial charge in [-0.3, -0.25) is 0 Å². The summed E-state index contributed by atoms with van der Waals surface area (Å²) in [6.45, 7) is 7.97. The summed E-state index contributed by atoms with van der Waals surface area (Å²) in [5, 5.41) is 0. The Balaban J connectivity index is 2.97. The first-order valence-electron chi connectivity index (χ1n) is 8.04. The van der Waals surface area contributed by atoms with Crippen molar-refractivity contribution in [3.05, 3.63) is 23.8 Å². The van der Waals surface area contributed by atoms with Gasteiger partial charge >= 0.3 is 0 Å². The highest BCUT2D eigenvalue weighted by molar-refractivity contribution is 5.75. The van der Waals surface area contributed by atoms with Crippen molar-refractivity contribution in [3.63, 3.8) is 0 Å². The number of hydrogen-bond acceptors (Lipinski definition) is 3.